The molecule has 0 bridgehead atoms. The van der Waals surface area contributed by atoms with Crippen LogP contribution in [-0.2, 0) is 16.0 Å². The van der Waals surface area contributed by atoms with Gasteiger partial charge in [-0.2, -0.15) is 0 Å². The van der Waals surface area contributed by atoms with E-state index in [2.05, 4.69) is 116 Å². The molecule has 2 saturated heterocycles. The number of halogens is 1. The van der Waals surface area contributed by atoms with Gasteiger partial charge in [0, 0.05) is 48.1 Å². The van der Waals surface area contributed by atoms with Crippen LogP contribution in [-0.4, -0.2) is 73.0 Å². The van der Waals surface area contributed by atoms with Crippen LogP contribution in [0.3, 0.4) is 0 Å². The lowest BCUT2D eigenvalue weighted by atomic mass is 9.90. The maximum Gasteiger partial charge on any atom is 0.239 e. The van der Waals surface area contributed by atoms with Crippen LogP contribution < -0.4 is 10.6 Å². The normalized spacial score (nSPS) is 19.8. The van der Waals surface area contributed by atoms with Crippen molar-refractivity contribution < 1.29 is 9.59 Å². The number of carbonyl (C=O) groups excluding carboxylic acids is 2. The molecule has 2 fully saturated rings. The Morgan fingerprint density at radius 3 is 2.19 bits per heavy atom. The highest BCUT2D eigenvalue weighted by molar-refractivity contribution is 14.1. The van der Waals surface area contributed by atoms with E-state index in [1.54, 1.807) is 0 Å². The van der Waals surface area contributed by atoms with Crippen molar-refractivity contribution in [1.82, 2.24) is 20.4 Å². The zero-order chi connectivity index (χ0) is 29.9. The fraction of sp³-hybridized carbons (Fsp3) is 0.444. The molecular weight excluding hydrogens is 647 g/mol. The number of rotatable bonds is 12. The first-order valence-electron chi connectivity index (χ1n) is 15.9. The second-order valence-corrected chi connectivity index (χ2v) is 13.2. The van der Waals surface area contributed by atoms with E-state index in [9.17, 15) is 9.59 Å². The van der Waals surface area contributed by atoms with Gasteiger partial charge in [-0.3, -0.25) is 9.59 Å². The van der Waals surface area contributed by atoms with Crippen LogP contribution in [0.2, 0.25) is 0 Å². The number of aryl methyl sites for hydroxylation is 1. The molecule has 2 N–H and O–H groups in total. The third-order valence-corrected chi connectivity index (χ3v) is 9.60. The number of amides is 2. The Labute approximate surface area is 270 Å². The molecule has 43 heavy (non-hydrogen) atoms. The van der Waals surface area contributed by atoms with Crippen molar-refractivity contribution in [3.05, 3.63) is 105 Å². The number of nitrogens with one attached hydrogen (secondary N) is 2. The van der Waals surface area contributed by atoms with Gasteiger partial charge in [0.1, 0.15) is 0 Å². The molecule has 3 aromatic carbocycles. The molecule has 0 spiro atoms. The van der Waals surface area contributed by atoms with Gasteiger partial charge in [0.15, 0.2) is 0 Å². The SMILES string of the molecule is O=C(CCc1ccc(I)cc1)NC[C@@H]1CCN(CC(c2ccccc2)c2ccccc2)C(=O)[C@H](CCN2CCCCC2)N1. The minimum Gasteiger partial charge on any atom is -0.355 e. The molecule has 0 radical (unpaired) electrons. The van der Waals surface area contributed by atoms with Crippen molar-refractivity contribution in [1.29, 1.82) is 0 Å². The number of carbonyl (C=O) groups is 2. The molecule has 3 aromatic rings. The van der Waals surface area contributed by atoms with Gasteiger partial charge in [-0.25, -0.2) is 0 Å². The predicted octanol–water partition coefficient (Wildman–Crippen LogP) is 5.61. The van der Waals surface area contributed by atoms with Crippen LogP contribution in [0.5, 0.6) is 0 Å². The Morgan fingerprint density at radius 2 is 1.53 bits per heavy atom. The highest BCUT2D eigenvalue weighted by Crippen LogP contribution is 2.27. The van der Waals surface area contributed by atoms with Crippen molar-refractivity contribution in [2.24, 2.45) is 0 Å². The quantitative estimate of drug-likeness (QED) is 0.243. The maximum absolute atomic E-state index is 14.1. The molecule has 6 nitrogen and oxygen atoms in total. The molecule has 2 aliphatic rings. The second kappa shape index (κ2) is 16.4. The molecule has 2 heterocycles. The minimum absolute atomic E-state index is 0.0504. The summed E-state index contributed by atoms with van der Waals surface area (Å²) in [4.78, 5) is 31.5. The monoisotopic (exact) mass is 692 g/mol. The van der Waals surface area contributed by atoms with Crippen molar-refractivity contribution in [3.63, 3.8) is 0 Å². The Balaban J connectivity index is 1.25. The number of hydrogen-bond donors (Lipinski definition) is 2. The number of likely N-dealkylation sites (tertiary alicyclic amines) is 1. The zero-order valence-corrected chi connectivity index (χ0v) is 27.3. The Bertz CT molecular complexity index is 1240. The van der Waals surface area contributed by atoms with E-state index in [0.717, 1.165) is 38.9 Å². The van der Waals surface area contributed by atoms with Gasteiger partial charge in [-0.1, -0.05) is 79.2 Å². The largest absolute Gasteiger partial charge is 0.355 e. The first-order valence-corrected chi connectivity index (χ1v) is 17.0. The molecular formula is C36H45IN4O2. The molecule has 2 amide bonds. The van der Waals surface area contributed by atoms with Crippen LogP contribution in [0.25, 0.3) is 0 Å². The summed E-state index contributed by atoms with van der Waals surface area (Å²) < 4.78 is 1.20. The van der Waals surface area contributed by atoms with E-state index in [-0.39, 0.29) is 29.8 Å². The van der Waals surface area contributed by atoms with Crippen molar-refractivity contribution in [2.45, 2.75) is 62.9 Å². The lowest BCUT2D eigenvalue weighted by Gasteiger charge is -2.31. The van der Waals surface area contributed by atoms with Gasteiger partial charge in [0.25, 0.3) is 0 Å². The summed E-state index contributed by atoms with van der Waals surface area (Å²) in [6, 6.07) is 29.2. The highest BCUT2D eigenvalue weighted by Gasteiger charge is 2.33. The fourth-order valence-corrected chi connectivity index (χ4v) is 6.71. The summed E-state index contributed by atoms with van der Waals surface area (Å²) in [6.07, 6.45) is 6.57. The molecule has 2 atom stereocenters. The van der Waals surface area contributed by atoms with Crippen molar-refractivity contribution >= 4 is 34.4 Å². The van der Waals surface area contributed by atoms with Crippen LogP contribution in [0, 0.1) is 3.57 Å². The summed E-state index contributed by atoms with van der Waals surface area (Å²) in [7, 11) is 0. The van der Waals surface area contributed by atoms with Gasteiger partial charge >= 0.3 is 0 Å². The number of benzene rings is 3. The summed E-state index contributed by atoms with van der Waals surface area (Å²) in [5, 5.41) is 6.86. The van der Waals surface area contributed by atoms with E-state index in [4.69, 9.17) is 0 Å². The molecule has 0 aliphatic carbocycles. The van der Waals surface area contributed by atoms with Gasteiger partial charge in [-0.05, 0) is 96.6 Å². The fourth-order valence-electron chi connectivity index (χ4n) is 6.35. The standard InChI is InChI=1S/C36H45IN4O2/c37-31-17-14-28(15-18-31)16-19-35(42)38-26-32-20-25-41(36(43)34(39-32)21-24-40-22-8-3-9-23-40)27-33(29-10-4-1-5-11-29)30-12-6-2-7-13-30/h1-2,4-7,10-15,17-18,32-34,39H,3,8-9,16,19-27H2,(H,38,42)/t32-,34-/m0/s1. The molecule has 2 aliphatic heterocycles. The van der Waals surface area contributed by atoms with Gasteiger partial charge in [-0.15, -0.1) is 0 Å². The van der Waals surface area contributed by atoms with Crippen LogP contribution >= 0.6 is 22.6 Å². The molecule has 0 aromatic heterocycles. The average molecular weight is 693 g/mol. The Morgan fingerprint density at radius 1 is 0.884 bits per heavy atom. The lowest BCUT2D eigenvalue weighted by Crippen LogP contribution is -2.50. The first-order chi connectivity index (χ1) is 21.0. The minimum atomic E-state index is -0.259. The predicted molar refractivity (Wildman–Crippen MR) is 182 cm³/mol. The van der Waals surface area contributed by atoms with Crippen molar-refractivity contribution in [3.8, 4) is 0 Å². The molecule has 7 heteroatoms. The molecule has 228 valence electrons. The molecule has 0 saturated carbocycles. The van der Waals surface area contributed by atoms with E-state index in [1.807, 2.05) is 12.1 Å². The molecule has 5 rings (SSSR count). The summed E-state index contributed by atoms with van der Waals surface area (Å²) >= 11 is 2.30. The van der Waals surface area contributed by atoms with Crippen LogP contribution in [0.4, 0.5) is 0 Å². The number of nitrogens with zero attached hydrogens (tertiary/aromatic N) is 2. The third-order valence-electron chi connectivity index (χ3n) is 8.88. The maximum atomic E-state index is 14.1. The zero-order valence-electron chi connectivity index (χ0n) is 25.1. The average Bonchev–Trinajstić information content (AvgIpc) is 3.20. The van der Waals surface area contributed by atoms with Crippen molar-refractivity contribution in [2.75, 3.05) is 39.3 Å². The van der Waals surface area contributed by atoms with Gasteiger partial charge < -0.3 is 20.4 Å². The summed E-state index contributed by atoms with van der Waals surface area (Å²) in [5.41, 5.74) is 3.62. The first kappa shape index (κ1) is 31.7. The van der Waals surface area contributed by atoms with E-state index < -0.39 is 0 Å². The van der Waals surface area contributed by atoms with E-state index >= 15 is 0 Å². The van der Waals surface area contributed by atoms with E-state index in [1.165, 1.54) is 39.5 Å². The van der Waals surface area contributed by atoms with Gasteiger partial charge in [0.05, 0.1) is 6.04 Å². The van der Waals surface area contributed by atoms with Gasteiger partial charge in [0.2, 0.25) is 11.8 Å². The smallest absolute Gasteiger partial charge is 0.239 e. The van der Waals surface area contributed by atoms with Crippen LogP contribution in [0.1, 0.15) is 61.1 Å². The highest BCUT2D eigenvalue weighted by atomic mass is 127. The molecule has 0 unspecified atom stereocenters. The summed E-state index contributed by atoms with van der Waals surface area (Å²) in [5.74, 6) is 0.346. The third kappa shape index (κ3) is 9.62. The topological polar surface area (TPSA) is 64.7 Å². The Kier molecular flexibility index (Phi) is 12.0. The summed E-state index contributed by atoms with van der Waals surface area (Å²) in [6.45, 7) is 5.01. The second-order valence-electron chi connectivity index (χ2n) is 12.0. The Hall–Kier alpha value is -2.75. The van der Waals surface area contributed by atoms with Crippen LogP contribution in [0.15, 0.2) is 84.9 Å². The number of hydrogen-bond acceptors (Lipinski definition) is 4. The number of piperidine rings is 1. The van der Waals surface area contributed by atoms with E-state index in [0.29, 0.717) is 26.1 Å². The lowest BCUT2D eigenvalue weighted by molar-refractivity contribution is -0.133.